The van der Waals surface area contributed by atoms with Crippen molar-refractivity contribution < 1.29 is 14.3 Å². The van der Waals surface area contributed by atoms with Gasteiger partial charge >= 0.3 is 5.97 Å². The van der Waals surface area contributed by atoms with Gasteiger partial charge < -0.3 is 10.1 Å². The zero-order chi connectivity index (χ0) is 23.8. The minimum atomic E-state index is -0.923. The second-order valence-corrected chi connectivity index (χ2v) is 10.3. The van der Waals surface area contributed by atoms with Gasteiger partial charge in [0.1, 0.15) is 0 Å². The summed E-state index contributed by atoms with van der Waals surface area (Å²) in [6.45, 7) is 6.34. The number of anilines is 1. The van der Waals surface area contributed by atoms with Gasteiger partial charge in [-0.2, -0.15) is 0 Å². The molecular formula is C25H23Cl2N3O3. The number of fused-ring (bicyclic) bond motifs is 6. The lowest BCUT2D eigenvalue weighted by molar-refractivity contribution is -0.125. The van der Waals surface area contributed by atoms with Crippen LogP contribution in [0.3, 0.4) is 0 Å². The van der Waals surface area contributed by atoms with Gasteiger partial charge in [0.25, 0.3) is 0 Å². The third kappa shape index (κ3) is 2.74. The smallest absolute Gasteiger partial charge is 0.339 e. The molecule has 1 fully saturated rings. The fourth-order valence-corrected chi connectivity index (χ4v) is 6.03. The maximum atomic E-state index is 14.1. The lowest BCUT2D eigenvalue weighted by Gasteiger charge is -2.39. The number of halogens is 2. The third-order valence-electron chi connectivity index (χ3n) is 8.05. The van der Waals surface area contributed by atoms with E-state index in [4.69, 9.17) is 37.9 Å². The van der Waals surface area contributed by atoms with E-state index in [0.29, 0.717) is 44.4 Å². The van der Waals surface area contributed by atoms with Crippen LogP contribution in [0, 0.1) is 5.41 Å². The molecule has 2 unspecified atom stereocenters. The first kappa shape index (κ1) is 22.1. The first-order chi connectivity index (χ1) is 15.6. The van der Waals surface area contributed by atoms with Crippen molar-refractivity contribution >= 4 is 51.8 Å². The van der Waals surface area contributed by atoms with Crippen molar-refractivity contribution in [1.82, 2.24) is 9.97 Å². The average Bonchev–Trinajstić information content (AvgIpc) is 3.08. The number of para-hydroxylation sites is 1. The number of carbonyl (C=O) groups excluding carboxylic acids is 2. The highest BCUT2D eigenvalue weighted by Crippen LogP contribution is 2.70. The van der Waals surface area contributed by atoms with Gasteiger partial charge in [-0.25, -0.2) is 14.8 Å². The molecule has 2 aliphatic rings. The summed E-state index contributed by atoms with van der Waals surface area (Å²) < 4.78 is 4.89. The van der Waals surface area contributed by atoms with Crippen LogP contribution in [-0.2, 0) is 20.4 Å². The first-order valence-electron chi connectivity index (χ1n) is 10.7. The fraction of sp³-hybridized carbons (Fsp3) is 0.360. The summed E-state index contributed by atoms with van der Waals surface area (Å²) in [5.74, 6) is -0.719. The Morgan fingerprint density at radius 3 is 2.21 bits per heavy atom. The van der Waals surface area contributed by atoms with Crippen molar-refractivity contribution in [3.8, 4) is 0 Å². The summed E-state index contributed by atoms with van der Waals surface area (Å²) in [6, 6.07) is 10.2. The SMILES string of the molecule is COC(=O)c1ccccc1NC(=O)C12CCC(C)(c3nc4cc(Cl)c(Cl)cc4nc31)C2(C)C. The molecule has 2 aliphatic carbocycles. The largest absolute Gasteiger partial charge is 0.465 e. The van der Waals surface area contributed by atoms with Gasteiger partial charge in [0.15, 0.2) is 0 Å². The molecule has 8 heteroatoms. The summed E-state index contributed by atoms with van der Waals surface area (Å²) in [5, 5.41) is 3.82. The zero-order valence-electron chi connectivity index (χ0n) is 18.8. The van der Waals surface area contributed by atoms with E-state index < -0.39 is 16.8 Å². The Hall–Kier alpha value is -2.70. The first-order valence-corrected chi connectivity index (χ1v) is 11.5. The Bertz CT molecular complexity index is 1360. The van der Waals surface area contributed by atoms with Gasteiger partial charge in [0.05, 0.1) is 56.2 Å². The number of methoxy groups -OCH3 is 1. The van der Waals surface area contributed by atoms with E-state index >= 15 is 0 Å². The lowest BCUT2D eigenvalue weighted by Crippen LogP contribution is -2.48. The number of hydrogen-bond acceptors (Lipinski definition) is 5. The van der Waals surface area contributed by atoms with E-state index in [1.54, 1.807) is 36.4 Å². The molecule has 0 saturated heterocycles. The van der Waals surface area contributed by atoms with Crippen molar-refractivity contribution in [3.63, 3.8) is 0 Å². The molecule has 1 saturated carbocycles. The van der Waals surface area contributed by atoms with Crippen molar-refractivity contribution in [2.24, 2.45) is 5.41 Å². The van der Waals surface area contributed by atoms with Gasteiger partial charge in [0, 0.05) is 5.41 Å². The van der Waals surface area contributed by atoms with E-state index in [1.807, 2.05) is 0 Å². The molecule has 1 aromatic heterocycles. The lowest BCUT2D eigenvalue weighted by atomic mass is 9.63. The summed E-state index contributed by atoms with van der Waals surface area (Å²) in [4.78, 5) is 36.2. The number of ether oxygens (including phenoxy) is 1. The summed E-state index contributed by atoms with van der Waals surface area (Å²) in [6.07, 6.45) is 1.41. The summed E-state index contributed by atoms with van der Waals surface area (Å²) >= 11 is 12.5. The number of amides is 1. The number of carbonyl (C=O) groups is 2. The molecule has 0 radical (unpaired) electrons. The molecule has 1 amide bonds. The summed E-state index contributed by atoms with van der Waals surface area (Å²) in [5.41, 5.74) is 1.69. The quantitative estimate of drug-likeness (QED) is 0.483. The van der Waals surface area contributed by atoms with Crippen LogP contribution in [0.5, 0.6) is 0 Å². The zero-order valence-corrected chi connectivity index (χ0v) is 20.3. The van der Waals surface area contributed by atoms with Crippen LogP contribution in [0.25, 0.3) is 11.0 Å². The highest BCUT2D eigenvalue weighted by Gasteiger charge is 2.73. The Balaban J connectivity index is 1.69. The van der Waals surface area contributed by atoms with E-state index in [0.717, 1.165) is 12.1 Å². The van der Waals surface area contributed by atoms with Crippen molar-refractivity contribution in [1.29, 1.82) is 0 Å². The molecule has 2 atom stereocenters. The Morgan fingerprint density at radius 1 is 0.970 bits per heavy atom. The Morgan fingerprint density at radius 2 is 1.58 bits per heavy atom. The second-order valence-electron chi connectivity index (χ2n) is 9.53. The average molecular weight is 484 g/mol. The maximum absolute atomic E-state index is 14.1. The number of hydrogen-bond donors (Lipinski definition) is 1. The predicted octanol–water partition coefficient (Wildman–Crippen LogP) is 5.69. The van der Waals surface area contributed by atoms with Crippen molar-refractivity contribution in [2.75, 3.05) is 12.4 Å². The topological polar surface area (TPSA) is 81.2 Å². The van der Waals surface area contributed by atoms with Crippen molar-refractivity contribution in [3.05, 3.63) is 63.4 Å². The van der Waals surface area contributed by atoms with Crippen molar-refractivity contribution in [2.45, 2.75) is 44.4 Å². The number of rotatable bonds is 3. The molecule has 0 spiro atoms. The number of nitrogens with zero attached hydrogens (tertiary/aromatic N) is 2. The van der Waals surface area contributed by atoms with Crippen LogP contribution in [-0.4, -0.2) is 29.0 Å². The van der Waals surface area contributed by atoms with E-state index in [1.165, 1.54) is 7.11 Å². The highest BCUT2D eigenvalue weighted by molar-refractivity contribution is 6.42. The molecule has 3 aromatic rings. The van der Waals surface area contributed by atoms with Crippen LogP contribution in [0.15, 0.2) is 36.4 Å². The molecule has 1 heterocycles. The predicted molar refractivity (Wildman–Crippen MR) is 128 cm³/mol. The normalized spacial score (nSPS) is 24.5. The van der Waals surface area contributed by atoms with Crippen LogP contribution in [0.4, 0.5) is 5.69 Å². The molecule has 170 valence electrons. The summed E-state index contributed by atoms with van der Waals surface area (Å²) in [7, 11) is 1.32. The number of aromatic nitrogens is 2. The van der Waals surface area contributed by atoms with Gasteiger partial charge in [-0.05, 0) is 42.5 Å². The highest BCUT2D eigenvalue weighted by atomic mass is 35.5. The molecule has 2 bridgehead atoms. The number of benzene rings is 2. The molecule has 5 rings (SSSR count). The number of esters is 1. The van der Waals surface area contributed by atoms with Crippen LogP contribution in [0.2, 0.25) is 10.0 Å². The molecule has 2 aromatic carbocycles. The minimum absolute atomic E-state index is 0.208. The molecule has 1 N–H and O–H groups in total. The van der Waals surface area contributed by atoms with E-state index in [9.17, 15) is 9.59 Å². The second kappa shape index (κ2) is 7.15. The van der Waals surface area contributed by atoms with Crippen LogP contribution >= 0.6 is 23.2 Å². The van der Waals surface area contributed by atoms with E-state index in [2.05, 4.69) is 26.1 Å². The van der Waals surface area contributed by atoms with Gasteiger partial charge in [-0.1, -0.05) is 56.1 Å². The van der Waals surface area contributed by atoms with Gasteiger partial charge in [-0.3, -0.25) is 4.79 Å². The Kier molecular flexibility index (Phi) is 4.79. The van der Waals surface area contributed by atoms with Gasteiger partial charge in [-0.15, -0.1) is 0 Å². The van der Waals surface area contributed by atoms with E-state index in [-0.39, 0.29) is 11.3 Å². The minimum Gasteiger partial charge on any atom is -0.465 e. The standard InChI is InChI=1S/C25H23Cl2N3O3/c1-23(2)24(3)9-10-25(23,22(32)30-16-8-6-5-7-13(16)21(31)33-4)20-19(24)28-17-11-14(26)15(27)12-18(17)29-20/h5-8,11-12H,9-10H2,1-4H3,(H,30,32). The molecule has 0 aliphatic heterocycles. The molecule has 6 nitrogen and oxygen atoms in total. The molecular weight excluding hydrogens is 461 g/mol. The van der Waals surface area contributed by atoms with Gasteiger partial charge in [0.2, 0.25) is 5.91 Å². The fourth-order valence-electron chi connectivity index (χ4n) is 5.71. The monoisotopic (exact) mass is 483 g/mol. The Labute approximate surface area is 201 Å². The van der Waals surface area contributed by atoms with Crippen LogP contribution < -0.4 is 5.32 Å². The third-order valence-corrected chi connectivity index (χ3v) is 8.77. The maximum Gasteiger partial charge on any atom is 0.339 e. The number of nitrogens with one attached hydrogen (secondary N) is 1. The molecule has 33 heavy (non-hydrogen) atoms. The van der Waals surface area contributed by atoms with Crippen LogP contribution in [0.1, 0.15) is 55.4 Å².